The van der Waals surface area contributed by atoms with Crippen LogP contribution in [0, 0.1) is 0 Å². The highest BCUT2D eigenvalue weighted by Crippen LogP contribution is 2.30. The second kappa shape index (κ2) is 5.33. The van der Waals surface area contributed by atoms with Crippen LogP contribution in [0.2, 0.25) is 10.0 Å². The van der Waals surface area contributed by atoms with Gasteiger partial charge in [0, 0.05) is 17.1 Å². The van der Waals surface area contributed by atoms with Gasteiger partial charge in [-0.1, -0.05) is 23.2 Å². The van der Waals surface area contributed by atoms with Crippen molar-refractivity contribution in [3.05, 3.63) is 27.7 Å². The number of hydrogen-bond acceptors (Lipinski definition) is 3. The number of hydrogen-bond donors (Lipinski definition) is 2. The van der Waals surface area contributed by atoms with Crippen molar-refractivity contribution >= 4 is 33.2 Å². The van der Waals surface area contributed by atoms with E-state index in [1.165, 1.54) is 19.2 Å². The molecule has 90 valence electrons. The lowest BCUT2D eigenvalue weighted by Crippen LogP contribution is -2.20. The highest BCUT2D eigenvalue weighted by Gasteiger charge is 2.19. The molecular formula is C9H12Cl2N2O2S. The van der Waals surface area contributed by atoms with E-state index in [1.54, 1.807) is 7.05 Å². The Morgan fingerprint density at radius 2 is 1.88 bits per heavy atom. The van der Waals surface area contributed by atoms with Gasteiger partial charge in [0.05, 0.1) is 5.02 Å². The van der Waals surface area contributed by atoms with Gasteiger partial charge in [0.25, 0.3) is 0 Å². The van der Waals surface area contributed by atoms with Crippen LogP contribution in [0.25, 0.3) is 0 Å². The molecule has 1 rings (SSSR count). The predicted molar refractivity (Wildman–Crippen MR) is 65.5 cm³/mol. The summed E-state index contributed by atoms with van der Waals surface area (Å²) in [6.45, 7) is 0.407. The number of rotatable bonds is 4. The average Bonchev–Trinajstić information content (AvgIpc) is 2.23. The van der Waals surface area contributed by atoms with E-state index in [0.29, 0.717) is 17.1 Å². The second-order valence-corrected chi connectivity index (χ2v) is 5.72. The zero-order valence-electron chi connectivity index (χ0n) is 8.84. The number of benzene rings is 1. The lowest BCUT2D eigenvalue weighted by Gasteiger charge is -2.11. The van der Waals surface area contributed by atoms with Crippen LogP contribution in [0.15, 0.2) is 17.0 Å². The Hall–Kier alpha value is -0.330. The normalized spacial score (nSPS) is 11.8. The molecule has 0 fully saturated rings. The summed E-state index contributed by atoms with van der Waals surface area (Å²) in [6, 6.07) is 2.90. The van der Waals surface area contributed by atoms with Crippen LogP contribution < -0.4 is 10.0 Å². The van der Waals surface area contributed by atoms with E-state index in [0.717, 1.165) is 0 Å². The molecule has 0 amide bonds. The first-order chi connectivity index (χ1) is 7.44. The van der Waals surface area contributed by atoms with Gasteiger partial charge >= 0.3 is 0 Å². The maximum Gasteiger partial charge on any atom is 0.241 e. The summed E-state index contributed by atoms with van der Waals surface area (Å²) in [6.07, 6.45) is 0. The molecule has 0 unspecified atom stereocenters. The van der Waals surface area contributed by atoms with Gasteiger partial charge in [0.2, 0.25) is 10.0 Å². The summed E-state index contributed by atoms with van der Waals surface area (Å²) in [5, 5.41) is 3.47. The van der Waals surface area contributed by atoms with E-state index >= 15 is 0 Å². The van der Waals surface area contributed by atoms with Crippen molar-refractivity contribution in [3.8, 4) is 0 Å². The van der Waals surface area contributed by atoms with Crippen LogP contribution in [0.3, 0.4) is 0 Å². The first-order valence-corrected chi connectivity index (χ1v) is 6.73. The summed E-state index contributed by atoms with van der Waals surface area (Å²) >= 11 is 11.9. The molecule has 0 aromatic heterocycles. The molecule has 0 atom stereocenters. The van der Waals surface area contributed by atoms with E-state index in [-0.39, 0.29) is 9.92 Å². The summed E-state index contributed by atoms with van der Waals surface area (Å²) in [4.78, 5) is 0.0336. The van der Waals surface area contributed by atoms with Gasteiger partial charge in [0.15, 0.2) is 0 Å². The number of halogens is 2. The summed E-state index contributed by atoms with van der Waals surface area (Å²) in [7, 11) is -0.495. The minimum atomic E-state index is -3.55. The Balaban J connectivity index is 3.40. The molecule has 4 nitrogen and oxygen atoms in total. The molecule has 0 spiro atoms. The van der Waals surface area contributed by atoms with Gasteiger partial charge in [0.1, 0.15) is 4.90 Å². The molecular weight excluding hydrogens is 271 g/mol. The quantitative estimate of drug-likeness (QED) is 0.882. The van der Waals surface area contributed by atoms with Crippen LogP contribution in [-0.2, 0) is 16.6 Å². The molecule has 1 aromatic rings. The second-order valence-electron chi connectivity index (χ2n) is 3.08. The zero-order chi connectivity index (χ0) is 12.3. The molecule has 0 saturated carbocycles. The fraction of sp³-hybridized carbons (Fsp3) is 0.333. The van der Waals surface area contributed by atoms with Crippen molar-refractivity contribution in [3.63, 3.8) is 0 Å². The Labute approximate surface area is 105 Å². The molecule has 0 aliphatic rings. The Morgan fingerprint density at radius 1 is 1.25 bits per heavy atom. The zero-order valence-corrected chi connectivity index (χ0v) is 11.2. The SMILES string of the molecule is CNCc1c(Cl)ccc(S(=O)(=O)NC)c1Cl. The lowest BCUT2D eigenvalue weighted by molar-refractivity contribution is 0.588. The van der Waals surface area contributed by atoms with E-state index < -0.39 is 10.0 Å². The van der Waals surface area contributed by atoms with Gasteiger partial charge in [-0.15, -0.1) is 0 Å². The molecule has 0 aliphatic heterocycles. The first kappa shape index (κ1) is 13.7. The molecule has 0 saturated heterocycles. The third-order valence-corrected chi connectivity index (χ3v) is 4.42. The minimum Gasteiger partial charge on any atom is -0.316 e. The molecule has 1 aromatic carbocycles. The topological polar surface area (TPSA) is 58.2 Å². The third-order valence-electron chi connectivity index (χ3n) is 2.06. The van der Waals surface area contributed by atoms with Crippen LogP contribution in [0.4, 0.5) is 0 Å². The minimum absolute atomic E-state index is 0.0336. The third kappa shape index (κ3) is 2.67. The van der Waals surface area contributed by atoms with Gasteiger partial charge in [-0.05, 0) is 26.2 Å². The molecule has 0 aliphatic carbocycles. The Morgan fingerprint density at radius 3 is 2.38 bits per heavy atom. The highest BCUT2D eigenvalue weighted by atomic mass is 35.5. The van der Waals surface area contributed by atoms with Gasteiger partial charge < -0.3 is 5.32 Å². The van der Waals surface area contributed by atoms with E-state index in [4.69, 9.17) is 23.2 Å². The highest BCUT2D eigenvalue weighted by molar-refractivity contribution is 7.89. The molecule has 7 heteroatoms. The first-order valence-electron chi connectivity index (χ1n) is 4.49. The van der Waals surface area contributed by atoms with E-state index in [2.05, 4.69) is 10.0 Å². The maximum absolute atomic E-state index is 11.6. The van der Waals surface area contributed by atoms with Gasteiger partial charge in [-0.25, -0.2) is 13.1 Å². The van der Waals surface area contributed by atoms with Crippen molar-refractivity contribution in [1.82, 2.24) is 10.0 Å². The van der Waals surface area contributed by atoms with Gasteiger partial charge in [-0.2, -0.15) is 0 Å². The van der Waals surface area contributed by atoms with Crippen LogP contribution >= 0.6 is 23.2 Å². The van der Waals surface area contributed by atoms with Crippen molar-refractivity contribution < 1.29 is 8.42 Å². The molecule has 0 bridgehead atoms. The lowest BCUT2D eigenvalue weighted by atomic mass is 10.2. The monoisotopic (exact) mass is 282 g/mol. The van der Waals surface area contributed by atoms with Crippen molar-refractivity contribution in [2.75, 3.05) is 14.1 Å². The Kier molecular flexibility index (Phi) is 4.58. The van der Waals surface area contributed by atoms with Crippen molar-refractivity contribution in [1.29, 1.82) is 0 Å². The van der Waals surface area contributed by atoms with E-state index in [1.807, 2.05) is 0 Å². The van der Waals surface area contributed by atoms with Crippen LogP contribution in [0.1, 0.15) is 5.56 Å². The van der Waals surface area contributed by atoms with Gasteiger partial charge in [-0.3, -0.25) is 0 Å². The van der Waals surface area contributed by atoms with Crippen molar-refractivity contribution in [2.45, 2.75) is 11.4 Å². The molecule has 16 heavy (non-hydrogen) atoms. The van der Waals surface area contributed by atoms with Crippen molar-refractivity contribution in [2.24, 2.45) is 0 Å². The van der Waals surface area contributed by atoms with Crippen LogP contribution in [-0.4, -0.2) is 22.5 Å². The molecule has 2 N–H and O–H groups in total. The summed E-state index contributed by atoms with van der Waals surface area (Å²) < 4.78 is 25.5. The van der Waals surface area contributed by atoms with Crippen LogP contribution in [0.5, 0.6) is 0 Å². The number of sulfonamides is 1. The largest absolute Gasteiger partial charge is 0.316 e. The number of nitrogens with one attached hydrogen (secondary N) is 2. The molecule has 0 radical (unpaired) electrons. The smallest absolute Gasteiger partial charge is 0.241 e. The molecule has 0 heterocycles. The fourth-order valence-electron chi connectivity index (χ4n) is 1.23. The Bertz CT molecular complexity index is 489. The summed E-state index contributed by atoms with van der Waals surface area (Å²) in [5.41, 5.74) is 0.571. The maximum atomic E-state index is 11.6. The average molecular weight is 283 g/mol. The summed E-state index contributed by atoms with van der Waals surface area (Å²) in [5.74, 6) is 0. The predicted octanol–water partition coefficient (Wildman–Crippen LogP) is 1.62. The standard InChI is InChI=1S/C9H12Cl2N2O2S/c1-12-5-6-7(10)3-4-8(9(6)11)16(14,15)13-2/h3-4,12-13H,5H2,1-2H3. The van der Waals surface area contributed by atoms with E-state index in [9.17, 15) is 8.42 Å². The fourth-order valence-corrected chi connectivity index (χ4v) is 2.87.